The molecule has 2 aromatic heterocycles. The molecule has 4 rings (SSSR count). The van der Waals surface area contributed by atoms with E-state index in [1.807, 2.05) is 30.3 Å². The highest BCUT2D eigenvalue weighted by Gasteiger charge is 2.17. The summed E-state index contributed by atoms with van der Waals surface area (Å²) in [5, 5.41) is 11.8. The molecule has 2 heterocycles. The van der Waals surface area contributed by atoms with E-state index < -0.39 is 0 Å². The molecule has 0 bridgehead atoms. The molecule has 7 heteroatoms. The first-order valence-corrected chi connectivity index (χ1v) is 9.93. The number of methoxy groups -OCH3 is 1. The van der Waals surface area contributed by atoms with E-state index in [0.717, 1.165) is 26.4 Å². The fourth-order valence-corrected chi connectivity index (χ4v) is 3.81. The third kappa shape index (κ3) is 4.26. The van der Waals surface area contributed by atoms with Gasteiger partial charge < -0.3 is 9.84 Å². The summed E-state index contributed by atoms with van der Waals surface area (Å²) < 4.78 is 18.1. The maximum Gasteiger partial charge on any atom is 0.189 e. The smallest absolute Gasteiger partial charge is 0.189 e. The number of pyridine rings is 2. The third-order valence-corrected chi connectivity index (χ3v) is 5.44. The van der Waals surface area contributed by atoms with Gasteiger partial charge in [-0.15, -0.1) is 0 Å². The van der Waals surface area contributed by atoms with E-state index >= 15 is 0 Å². The normalized spacial score (nSPS) is 10.9. The molecule has 2 aromatic carbocycles. The van der Waals surface area contributed by atoms with E-state index in [9.17, 15) is 14.3 Å². The van der Waals surface area contributed by atoms with Gasteiger partial charge in [0.1, 0.15) is 10.8 Å². The average Bonchev–Trinajstić information content (AvgIpc) is 2.75. The van der Waals surface area contributed by atoms with Gasteiger partial charge in [0.15, 0.2) is 23.0 Å². The number of hydrogen-bond donors (Lipinski definition) is 1. The third-order valence-electron chi connectivity index (χ3n) is 4.50. The molecule has 0 fully saturated rings. The number of halogens is 1. The van der Waals surface area contributed by atoms with Crippen molar-refractivity contribution in [1.82, 2.24) is 9.97 Å². The first-order valence-electron chi connectivity index (χ1n) is 9.12. The zero-order valence-electron chi connectivity index (χ0n) is 16.0. The predicted octanol–water partition coefficient (Wildman–Crippen LogP) is 5.06. The quantitative estimate of drug-likeness (QED) is 0.440. The van der Waals surface area contributed by atoms with Crippen LogP contribution in [0, 0.1) is 5.82 Å². The number of carbonyl (C=O) groups excluding carboxylic acids is 1. The van der Waals surface area contributed by atoms with Crippen LogP contribution >= 0.6 is 11.8 Å². The summed E-state index contributed by atoms with van der Waals surface area (Å²) in [4.78, 5) is 22.1. The van der Waals surface area contributed by atoms with E-state index in [0.29, 0.717) is 0 Å². The van der Waals surface area contributed by atoms with Gasteiger partial charge in [-0.2, -0.15) is 0 Å². The molecule has 30 heavy (non-hydrogen) atoms. The molecular weight excluding hydrogens is 403 g/mol. The van der Waals surface area contributed by atoms with Crippen LogP contribution in [0.5, 0.6) is 11.5 Å². The summed E-state index contributed by atoms with van der Waals surface area (Å²) in [6, 6.07) is 17.1. The molecule has 0 spiro atoms. The van der Waals surface area contributed by atoms with Gasteiger partial charge in [-0.1, -0.05) is 23.9 Å². The Morgan fingerprint density at radius 3 is 2.67 bits per heavy atom. The molecule has 4 aromatic rings. The van der Waals surface area contributed by atoms with E-state index in [-0.39, 0.29) is 35.2 Å². The molecule has 0 aliphatic carbocycles. The second kappa shape index (κ2) is 8.51. The molecule has 0 unspecified atom stereocenters. The van der Waals surface area contributed by atoms with Gasteiger partial charge in [0.25, 0.3) is 0 Å². The fraction of sp³-hybridized carbons (Fsp3) is 0.0870. The number of Topliss-reactive ketones (excluding diaryl/α,β-unsaturated/α-hetero) is 1. The van der Waals surface area contributed by atoms with Crippen molar-refractivity contribution in [2.45, 2.75) is 16.3 Å². The summed E-state index contributed by atoms with van der Waals surface area (Å²) in [7, 11) is 1.42. The number of carbonyl (C=O) groups is 1. The minimum Gasteiger partial charge on any atom is -0.503 e. The second-order valence-electron chi connectivity index (χ2n) is 6.54. The van der Waals surface area contributed by atoms with Gasteiger partial charge in [-0.25, -0.2) is 14.4 Å². The van der Waals surface area contributed by atoms with Crippen LogP contribution in [0.25, 0.3) is 10.9 Å². The monoisotopic (exact) mass is 420 g/mol. The molecular formula is C23H17FN2O3S. The molecule has 0 saturated heterocycles. The maximum atomic E-state index is 13.1. The lowest BCUT2D eigenvalue weighted by Crippen LogP contribution is -2.07. The van der Waals surface area contributed by atoms with Crippen LogP contribution < -0.4 is 4.74 Å². The number of ether oxygens (including phenoxy) is 1. The van der Waals surface area contributed by atoms with Gasteiger partial charge >= 0.3 is 0 Å². The number of aromatic hydroxyl groups is 1. The Labute approximate surface area is 176 Å². The van der Waals surface area contributed by atoms with E-state index in [2.05, 4.69) is 9.97 Å². The second-order valence-corrected chi connectivity index (χ2v) is 7.64. The minimum atomic E-state index is -0.304. The number of rotatable bonds is 6. The summed E-state index contributed by atoms with van der Waals surface area (Å²) in [5.41, 5.74) is 1.57. The van der Waals surface area contributed by atoms with Crippen LogP contribution in [0.4, 0.5) is 4.39 Å². The summed E-state index contributed by atoms with van der Waals surface area (Å²) in [6.45, 7) is 0. The van der Waals surface area contributed by atoms with Crippen molar-refractivity contribution in [3.8, 4) is 11.5 Å². The lowest BCUT2D eigenvalue weighted by molar-refractivity contribution is 0.0984. The van der Waals surface area contributed by atoms with Gasteiger partial charge in [0.05, 0.1) is 12.6 Å². The summed E-state index contributed by atoms with van der Waals surface area (Å²) in [5.74, 6) is -0.621. The standard InChI is InChI=1S/C23H17FN2O3S/c1-29-20-10-11-25-22(23(20)28)19(27)13-14-2-8-18-15(12-14)3-9-21(26-18)30-17-6-4-16(24)5-7-17/h2-12,28H,13H2,1H3. The van der Waals surface area contributed by atoms with Crippen LogP contribution in [0.15, 0.2) is 76.8 Å². The molecule has 0 radical (unpaired) electrons. The molecule has 0 atom stereocenters. The van der Waals surface area contributed by atoms with E-state index in [4.69, 9.17) is 4.74 Å². The van der Waals surface area contributed by atoms with E-state index in [1.165, 1.54) is 43.3 Å². The number of hydrogen-bond acceptors (Lipinski definition) is 6. The minimum absolute atomic E-state index is 0.0152. The lowest BCUT2D eigenvalue weighted by atomic mass is 10.0. The Morgan fingerprint density at radius 1 is 1.10 bits per heavy atom. The SMILES string of the molecule is COc1ccnc(C(=O)Cc2ccc3nc(Sc4ccc(F)cc4)ccc3c2)c1O. The Morgan fingerprint density at radius 2 is 1.90 bits per heavy atom. The van der Waals surface area contributed by atoms with Crippen molar-refractivity contribution in [2.75, 3.05) is 7.11 Å². The van der Waals surface area contributed by atoms with Crippen molar-refractivity contribution in [1.29, 1.82) is 0 Å². The van der Waals surface area contributed by atoms with Crippen molar-refractivity contribution < 1.29 is 19.0 Å². The highest BCUT2D eigenvalue weighted by molar-refractivity contribution is 7.99. The number of aromatic nitrogens is 2. The van der Waals surface area contributed by atoms with Crippen LogP contribution in [0.1, 0.15) is 16.1 Å². The molecule has 0 aliphatic rings. The molecule has 1 N–H and O–H groups in total. The molecule has 0 saturated carbocycles. The fourth-order valence-electron chi connectivity index (χ4n) is 3.02. The average molecular weight is 420 g/mol. The van der Waals surface area contributed by atoms with Crippen LogP contribution in [0.3, 0.4) is 0 Å². The first kappa shape index (κ1) is 19.8. The maximum absolute atomic E-state index is 13.1. The Hall–Kier alpha value is -3.45. The van der Waals surface area contributed by atoms with Crippen molar-refractivity contribution in [3.05, 3.63) is 83.9 Å². The highest BCUT2D eigenvalue weighted by Crippen LogP contribution is 2.30. The van der Waals surface area contributed by atoms with Crippen molar-refractivity contribution in [3.63, 3.8) is 0 Å². The Bertz CT molecular complexity index is 1230. The predicted molar refractivity (Wildman–Crippen MR) is 113 cm³/mol. The molecule has 0 amide bonds. The van der Waals surface area contributed by atoms with Crippen LogP contribution in [-0.4, -0.2) is 28.0 Å². The van der Waals surface area contributed by atoms with Crippen LogP contribution in [0.2, 0.25) is 0 Å². The summed E-state index contributed by atoms with van der Waals surface area (Å²) in [6.07, 6.45) is 1.52. The Balaban J connectivity index is 1.54. The number of fused-ring (bicyclic) bond motifs is 1. The van der Waals surface area contributed by atoms with Gasteiger partial charge in [-0.05, 0) is 48.0 Å². The summed E-state index contributed by atoms with van der Waals surface area (Å²) >= 11 is 1.45. The molecule has 5 nitrogen and oxygen atoms in total. The molecule has 150 valence electrons. The number of ketones is 1. The molecule has 0 aliphatic heterocycles. The largest absolute Gasteiger partial charge is 0.503 e. The highest BCUT2D eigenvalue weighted by atomic mass is 32.2. The van der Waals surface area contributed by atoms with Gasteiger partial charge in [-0.3, -0.25) is 4.79 Å². The number of nitrogens with zero attached hydrogens (tertiary/aromatic N) is 2. The van der Waals surface area contributed by atoms with Crippen molar-refractivity contribution in [2.24, 2.45) is 0 Å². The topological polar surface area (TPSA) is 72.3 Å². The van der Waals surface area contributed by atoms with Crippen LogP contribution in [-0.2, 0) is 6.42 Å². The first-order chi connectivity index (χ1) is 14.5. The zero-order valence-corrected chi connectivity index (χ0v) is 16.8. The van der Waals surface area contributed by atoms with Gasteiger partial charge in [0, 0.05) is 29.0 Å². The van der Waals surface area contributed by atoms with Crippen molar-refractivity contribution >= 4 is 28.4 Å². The number of benzene rings is 2. The Kier molecular flexibility index (Phi) is 5.63. The van der Waals surface area contributed by atoms with Gasteiger partial charge in [0.2, 0.25) is 0 Å². The van der Waals surface area contributed by atoms with E-state index in [1.54, 1.807) is 12.1 Å². The zero-order chi connectivity index (χ0) is 21.1. The lowest BCUT2D eigenvalue weighted by Gasteiger charge is -2.08.